The Bertz CT molecular complexity index is 1120. The number of aromatic nitrogens is 7. The number of thioether (sulfide) groups is 1. The average molecular weight is 449 g/mol. The Morgan fingerprint density at radius 3 is 2.58 bits per heavy atom. The summed E-state index contributed by atoms with van der Waals surface area (Å²) in [6.45, 7) is 0. The molecule has 0 N–H and O–H groups in total. The zero-order valence-electron chi connectivity index (χ0n) is 15.7. The van der Waals surface area contributed by atoms with Crippen molar-refractivity contribution in [1.82, 2.24) is 35.3 Å². The number of pyridine rings is 1. The van der Waals surface area contributed by atoms with Crippen molar-refractivity contribution in [2.24, 2.45) is 0 Å². The van der Waals surface area contributed by atoms with E-state index >= 15 is 0 Å². The minimum absolute atomic E-state index is 0.316. The van der Waals surface area contributed by atoms with Crippen LogP contribution in [0.15, 0.2) is 58.5 Å². The lowest BCUT2D eigenvalue weighted by molar-refractivity contribution is -0.274. The summed E-state index contributed by atoms with van der Waals surface area (Å²) in [6.07, 6.45) is -0.120. The molecular weight excluding hydrogens is 435 g/mol. The molecule has 0 aliphatic heterocycles. The van der Waals surface area contributed by atoms with Crippen LogP contribution < -0.4 is 4.74 Å². The minimum Gasteiger partial charge on any atom is -0.406 e. The normalized spacial score (nSPS) is 11.6. The van der Waals surface area contributed by atoms with Gasteiger partial charge >= 0.3 is 6.36 Å². The molecule has 4 rings (SSSR count). The van der Waals surface area contributed by atoms with Crippen LogP contribution >= 0.6 is 11.8 Å². The molecule has 0 atom stereocenters. The fourth-order valence-corrected chi connectivity index (χ4v) is 3.41. The Morgan fingerprint density at radius 1 is 1.06 bits per heavy atom. The van der Waals surface area contributed by atoms with Crippen LogP contribution in [0.4, 0.5) is 13.2 Å². The van der Waals surface area contributed by atoms with Gasteiger partial charge in [0, 0.05) is 30.1 Å². The van der Waals surface area contributed by atoms with Crippen molar-refractivity contribution in [3.8, 4) is 22.8 Å². The fourth-order valence-electron chi connectivity index (χ4n) is 2.58. The standard InChI is InChI=1S/C18H14F3N7O2S/c19-18(20,21)29-14-5-3-13(4-6-14)28-17(24-26-27-28)31-11-1-2-15-23-16(25-30-15)12-7-9-22-10-8-12/h3-10H,1-2,11H2. The molecule has 0 bridgehead atoms. The van der Waals surface area contributed by atoms with Crippen molar-refractivity contribution in [1.29, 1.82) is 0 Å². The van der Waals surface area contributed by atoms with Gasteiger partial charge in [-0.1, -0.05) is 16.9 Å². The molecule has 0 amide bonds. The monoisotopic (exact) mass is 449 g/mol. The second-order valence-electron chi connectivity index (χ2n) is 6.11. The number of hydrogen-bond acceptors (Lipinski definition) is 9. The van der Waals surface area contributed by atoms with Crippen LogP contribution in [-0.4, -0.2) is 47.4 Å². The van der Waals surface area contributed by atoms with Crippen molar-refractivity contribution in [3.63, 3.8) is 0 Å². The number of tetrazole rings is 1. The van der Waals surface area contributed by atoms with Crippen molar-refractivity contribution >= 4 is 11.8 Å². The number of hydrogen-bond donors (Lipinski definition) is 0. The molecule has 13 heteroatoms. The molecular formula is C18H14F3N7O2S. The first-order valence-corrected chi connectivity index (χ1v) is 9.97. The predicted molar refractivity (Wildman–Crippen MR) is 102 cm³/mol. The van der Waals surface area contributed by atoms with E-state index in [1.807, 2.05) is 0 Å². The highest BCUT2D eigenvalue weighted by Crippen LogP contribution is 2.25. The lowest BCUT2D eigenvalue weighted by Crippen LogP contribution is -2.17. The highest BCUT2D eigenvalue weighted by Gasteiger charge is 2.31. The SMILES string of the molecule is FC(F)(F)Oc1ccc(-n2nnnc2SCCCc2nc(-c3ccncc3)no2)cc1. The van der Waals surface area contributed by atoms with Gasteiger partial charge in [-0.2, -0.15) is 9.67 Å². The van der Waals surface area contributed by atoms with Crippen LogP contribution in [0.3, 0.4) is 0 Å². The third kappa shape index (κ3) is 5.57. The van der Waals surface area contributed by atoms with Crippen molar-refractivity contribution in [2.45, 2.75) is 24.4 Å². The maximum absolute atomic E-state index is 12.3. The second-order valence-corrected chi connectivity index (χ2v) is 7.18. The van der Waals surface area contributed by atoms with E-state index in [1.165, 1.54) is 40.7 Å². The van der Waals surface area contributed by atoms with Crippen LogP contribution in [0, 0.1) is 0 Å². The molecule has 4 aromatic rings. The van der Waals surface area contributed by atoms with Gasteiger partial charge in [-0.05, 0) is 53.2 Å². The Morgan fingerprint density at radius 2 is 1.84 bits per heavy atom. The van der Waals surface area contributed by atoms with E-state index in [2.05, 4.69) is 35.4 Å². The topological polar surface area (TPSA) is 105 Å². The number of halogens is 3. The maximum atomic E-state index is 12.3. The van der Waals surface area contributed by atoms with Crippen LogP contribution in [0.1, 0.15) is 12.3 Å². The Balaban J connectivity index is 1.31. The summed E-state index contributed by atoms with van der Waals surface area (Å²) >= 11 is 1.40. The van der Waals surface area contributed by atoms with Crippen molar-refractivity contribution < 1.29 is 22.4 Å². The molecule has 3 heterocycles. The van der Waals surface area contributed by atoms with Gasteiger partial charge in [-0.15, -0.1) is 18.3 Å². The smallest absolute Gasteiger partial charge is 0.406 e. The fraction of sp³-hybridized carbons (Fsp3) is 0.222. The van der Waals surface area contributed by atoms with Gasteiger partial charge in [0.2, 0.25) is 16.9 Å². The largest absolute Gasteiger partial charge is 0.573 e. The van der Waals surface area contributed by atoms with E-state index in [0.717, 1.165) is 12.0 Å². The van der Waals surface area contributed by atoms with Crippen LogP contribution in [-0.2, 0) is 6.42 Å². The predicted octanol–water partition coefficient (Wildman–Crippen LogP) is 3.73. The zero-order chi connectivity index (χ0) is 21.7. The highest BCUT2D eigenvalue weighted by atomic mass is 32.2. The van der Waals surface area contributed by atoms with Gasteiger partial charge in [0.15, 0.2) is 0 Å². The van der Waals surface area contributed by atoms with Gasteiger partial charge in [-0.25, -0.2) is 0 Å². The molecule has 0 unspecified atom stereocenters. The second kappa shape index (κ2) is 9.12. The molecule has 0 radical (unpaired) electrons. The molecule has 3 aromatic heterocycles. The molecule has 0 saturated heterocycles. The number of aryl methyl sites for hydroxylation is 1. The number of benzene rings is 1. The zero-order valence-corrected chi connectivity index (χ0v) is 16.5. The Labute approximate surface area is 177 Å². The lowest BCUT2D eigenvalue weighted by Gasteiger charge is -2.09. The van der Waals surface area contributed by atoms with Gasteiger partial charge in [-0.3, -0.25) is 4.98 Å². The highest BCUT2D eigenvalue weighted by molar-refractivity contribution is 7.99. The molecule has 0 aliphatic carbocycles. The van der Waals surface area contributed by atoms with Gasteiger partial charge in [0.1, 0.15) is 5.75 Å². The van der Waals surface area contributed by atoms with Crippen molar-refractivity contribution in [3.05, 3.63) is 54.7 Å². The number of nitrogens with zero attached hydrogens (tertiary/aromatic N) is 7. The third-order valence-electron chi connectivity index (χ3n) is 3.93. The summed E-state index contributed by atoms with van der Waals surface area (Å²) in [5.74, 6) is 1.38. The minimum atomic E-state index is -4.74. The van der Waals surface area contributed by atoms with E-state index in [0.29, 0.717) is 34.7 Å². The van der Waals surface area contributed by atoms with Gasteiger partial charge < -0.3 is 9.26 Å². The van der Waals surface area contributed by atoms with Crippen LogP contribution in [0.5, 0.6) is 5.75 Å². The molecule has 0 saturated carbocycles. The van der Waals surface area contributed by atoms with E-state index in [-0.39, 0.29) is 5.75 Å². The molecule has 0 spiro atoms. The van der Waals surface area contributed by atoms with Crippen LogP contribution in [0.25, 0.3) is 17.1 Å². The third-order valence-corrected chi connectivity index (χ3v) is 4.93. The Hall–Kier alpha value is -3.48. The van der Waals surface area contributed by atoms with E-state index in [9.17, 15) is 13.2 Å². The Kier molecular flexibility index (Phi) is 6.11. The average Bonchev–Trinajstić information content (AvgIpc) is 3.41. The first-order valence-electron chi connectivity index (χ1n) is 8.98. The van der Waals surface area contributed by atoms with E-state index < -0.39 is 6.36 Å². The molecule has 9 nitrogen and oxygen atoms in total. The lowest BCUT2D eigenvalue weighted by atomic mass is 10.2. The van der Waals surface area contributed by atoms with Gasteiger partial charge in [0.25, 0.3) is 0 Å². The summed E-state index contributed by atoms with van der Waals surface area (Å²) in [6, 6.07) is 8.89. The summed E-state index contributed by atoms with van der Waals surface area (Å²) in [4.78, 5) is 8.31. The summed E-state index contributed by atoms with van der Waals surface area (Å²) in [5.41, 5.74) is 1.34. The molecule has 0 fully saturated rings. The summed E-state index contributed by atoms with van der Waals surface area (Å²) < 4.78 is 47.4. The van der Waals surface area contributed by atoms with Crippen molar-refractivity contribution in [2.75, 3.05) is 5.75 Å². The number of ether oxygens (including phenoxy) is 1. The molecule has 1 aromatic carbocycles. The van der Waals surface area contributed by atoms with Gasteiger partial charge in [0.05, 0.1) is 5.69 Å². The quantitative estimate of drug-likeness (QED) is 0.294. The molecule has 0 aliphatic rings. The maximum Gasteiger partial charge on any atom is 0.573 e. The summed E-state index contributed by atoms with van der Waals surface area (Å²) in [5, 5.41) is 16.0. The first-order chi connectivity index (χ1) is 15.0. The number of rotatable bonds is 8. The van der Waals surface area contributed by atoms with E-state index in [1.54, 1.807) is 24.5 Å². The van der Waals surface area contributed by atoms with Crippen LogP contribution in [0.2, 0.25) is 0 Å². The first kappa shape index (κ1) is 20.8. The summed E-state index contributed by atoms with van der Waals surface area (Å²) in [7, 11) is 0. The number of alkyl halides is 3. The molecule has 31 heavy (non-hydrogen) atoms. The van der Waals surface area contributed by atoms with E-state index in [4.69, 9.17) is 4.52 Å². The molecule has 160 valence electrons.